The van der Waals surface area contributed by atoms with Gasteiger partial charge in [-0.2, -0.15) is 0 Å². The van der Waals surface area contributed by atoms with Gasteiger partial charge in [-0.3, -0.25) is 4.79 Å². The monoisotopic (exact) mass is 347 g/mol. The Hall–Kier alpha value is -1.07. The Morgan fingerprint density at radius 1 is 1.47 bits per heavy atom. The van der Waals surface area contributed by atoms with Crippen LogP contribution in [0.5, 0.6) is 0 Å². The van der Waals surface area contributed by atoms with Crippen molar-refractivity contribution < 1.29 is 14.3 Å². The van der Waals surface area contributed by atoms with Crippen LogP contribution < -0.4 is 5.32 Å². The van der Waals surface area contributed by atoms with Gasteiger partial charge in [-0.1, -0.05) is 6.92 Å². The molecule has 1 aromatic carbocycles. The van der Waals surface area contributed by atoms with Gasteiger partial charge in [0.25, 0.3) is 0 Å². The lowest BCUT2D eigenvalue weighted by molar-refractivity contribution is -0.118. The number of carbonyl (C=O) groups excluding carboxylic acids is 2. The molecule has 1 unspecified atom stereocenters. The molecule has 0 saturated carbocycles. The maximum Gasteiger partial charge on any atom is 0.338 e. The van der Waals surface area contributed by atoms with Crippen LogP contribution in [0, 0.1) is 5.92 Å². The fourth-order valence-electron chi connectivity index (χ4n) is 1.28. The summed E-state index contributed by atoms with van der Waals surface area (Å²) < 4.78 is 5.51. The van der Waals surface area contributed by atoms with Crippen LogP contribution in [0.2, 0.25) is 0 Å². The van der Waals surface area contributed by atoms with Crippen molar-refractivity contribution >= 4 is 45.1 Å². The van der Waals surface area contributed by atoms with Gasteiger partial charge in [-0.25, -0.2) is 4.79 Å². The molecule has 0 aliphatic heterocycles. The van der Waals surface area contributed by atoms with Gasteiger partial charge in [0.2, 0.25) is 5.91 Å². The largest absolute Gasteiger partial charge is 0.462 e. The Kier molecular flexibility index (Phi) is 6.31. The predicted molar refractivity (Wildman–Crippen MR) is 78.6 cm³/mol. The Morgan fingerprint density at radius 3 is 2.68 bits per heavy atom. The average molecular weight is 349 g/mol. The topological polar surface area (TPSA) is 55.4 Å². The standard InChI is InChI=1S/C13H15BrClNO3/c1-3-19-13(18)9-4-5-11(10(14)6-9)16-12(17)8(2)7-15/h4-6,8H,3,7H2,1-2H3,(H,16,17). The molecule has 1 N–H and O–H groups in total. The van der Waals surface area contributed by atoms with Crippen molar-refractivity contribution in [2.45, 2.75) is 13.8 Å². The van der Waals surface area contributed by atoms with E-state index in [1.807, 2.05) is 0 Å². The van der Waals surface area contributed by atoms with Gasteiger partial charge < -0.3 is 10.1 Å². The summed E-state index contributed by atoms with van der Waals surface area (Å²) in [7, 11) is 0. The smallest absolute Gasteiger partial charge is 0.338 e. The van der Waals surface area contributed by atoms with E-state index in [1.54, 1.807) is 32.0 Å². The summed E-state index contributed by atoms with van der Waals surface area (Å²) in [4.78, 5) is 23.2. The molecule has 0 aliphatic rings. The lowest BCUT2D eigenvalue weighted by atomic mass is 10.1. The normalized spacial score (nSPS) is 11.8. The number of rotatable bonds is 5. The zero-order valence-corrected chi connectivity index (χ0v) is 13.0. The first kappa shape index (κ1) is 16.0. The van der Waals surface area contributed by atoms with Crippen LogP contribution in [0.4, 0.5) is 5.69 Å². The molecule has 0 aromatic heterocycles. The van der Waals surface area contributed by atoms with E-state index >= 15 is 0 Å². The molecular weight excluding hydrogens is 334 g/mol. The summed E-state index contributed by atoms with van der Waals surface area (Å²) in [5.74, 6) is -0.585. The highest BCUT2D eigenvalue weighted by molar-refractivity contribution is 9.10. The van der Waals surface area contributed by atoms with Crippen molar-refractivity contribution in [2.24, 2.45) is 5.92 Å². The molecule has 0 spiro atoms. The number of alkyl halides is 1. The van der Waals surface area contributed by atoms with Crippen molar-refractivity contribution in [3.63, 3.8) is 0 Å². The first-order valence-corrected chi connectivity index (χ1v) is 7.15. The lowest BCUT2D eigenvalue weighted by Gasteiger charge is -2.11. The minimum absolute atomic E-state index is 0.167. The molecule has 1 atom stereocenters. The summed E-state index contributed by atoms with van der Waals surface area (Å²) in [5, 5.41) is 2.74. The van der Waals surface area contributed by atoms with Crippen LogP contribution >= 0.6 is 27.5 Å². The summed E-state index contributed by atoms with van der Waals surface area (Å²) in [6.07, 6.45) is 0. The number of esters is 1. The van der Waals surface area contributed by atoms with Gasteiger partial charge in [0.1, 0.15) is 0 Å². The Morgan fingerprint density at radius 2 is 2.16 bits per heavy atom. The SMILES string of the molecule is CCOC(=O)c1ccc(NC(=O)C(C)CCl)c(Br)c1. The van der Waals surface area contributed by atoms with E-state index in [4.69, 9.17) is 16.3 Å². The molecule has 0 heterocycles. The summed E-state index contributed by atoms with van der Waals surface area (Å²) in [6, 6.07) is 4.86. The van der Waals surface area contributed by atoms with Gasteiger partial charge in [0, 0.05) is 16.3 Å². The van der Waals surface area contributed by atoms with Crippen LogP contribution in [-0.4, -0.2) is 24.4 Å². The van der Waals surface area contributed by atoms with E-state index in [1.165, 1.54) is 0 Å². The van der Waals surface area contributed by atoms with Crippen LogP contribution in [0.15, 0.2) is 22.7 Å². The number of amides is 1. The Balaban J connectivity index is 2.83. The highest BCUT2D eigenvalue weighted by atomic mass is 79.9. The van der Waals surface area contributed by atoms with Gasteiger partial charge in [-0.05, 0) is 41.1 Å². The van der Waals surface area contributed by atoms with Crippen LogP contribution in [-0.2, 0) is 9.53 Å². The molecule has 1 rings (SSSR count). The number of anilines is 1. The van der Waals surface area contributed by atoms with E-state index in [0.717, 1.165) is 0 Å². The molecule has 19 heavy (non-hydrogen) atoms. The highest BCUT2D eigenvalue weighted by Gasteiger charge is 2.14. The molecule has 0 saturated heterocycles. The molecule has 1 amide bonds. The molecule has 4 nitrogen and oxygen atoms in total. The van der Waals surface area contributed by atoms with E-state index in [2.05, 4.69) is 21.2 Å². The van der Waals surface area contributed by atoms with Gasteiger partial charge >= 0.3 is 5.97 Å². The molecule has 1 aromatic rings. The molecule has 6 heteroatoms. The van der Waals surface area contributed by atoms with Gasteiger partial charge in [0.15, 0.2) is 0 Å². The molecular formula is C13H15BrClNO3. The van der Waals surface area contributed by atoms with Crippen LogP contribution in [0.25, 0.3) is 0 Å². The van der Waals surface area contributed by atoms with E-state index in [9.17, 15) is 9.59 Å². The number of carbonyl (C=O) groups is 2. The Labute approximate surface area is 125 Å². The first-order valence-electron chi connectivity index (χ1n) is 5.83. The van der Waals surface area contributed by atoms with Crippen molar-refractivity contribution in [2.75, 3.05) is 17.8 Å². The second kappa shape index (κ2) is 7.50. The molecule has 0 radical (unpaired) electrons. The average Bonchev–Trinajstić information content (AvgIpc) is 2.40. The quantitative estimate of drug-likeness (QED) is 0.655. The third kappa shape index (κ3) is 4.51. The van der Waals surface area contributed by atoms with Crippen molar-refractivity contribution in [3.05, 3.63) is 28.2 Å². The van der Waals surface area contributed by atoms with Gasteiger partial charge in [0.05, 0.1) is 17.9 Å². The van der Waals surface area contributed by atoms with Crippen molar-refractivity contribution in [3.8, 4) is 0 Å². The van der Waals surface area contributed by atoms with E-state index in [-0.39, 0.29) is 17.7 Å². The number of hydrogen-bond acceptors (Lipinski definition) is 3. The maximum atomic E-state index is 11.7. The van der Waals surface area contributed by atoms with Crippen molar-refractivity contribution in [1.82, 2.24) is 0 Å². The first-order chi connectivity index (χ1) is 8.99. The molecule has 104 valence electrons. The molecule has 0 bridgehead atoms. The number of benzene rings is 1. The lowest BCUT2D eigenvalue weighted by Crippen LogP contribution is -2.21. The van der Waals surface area contributed by atoms with Crippen LogP contribution in [0.3, 0.4) is 0 Å². The minimum atomic E-state index is -0.393. The third-order valence-electron chi connectivity index (χ3n) is 2.42. The van der Waals surface area contributed by atoms with E-state index in [0.29, 0.717) is 22.3 Å². The summed E-state index contributed by atoms with van der Waals surface area (Å²) in [5.41, 5.74) is 1.02. The highest BCUT2D eigenvalue weighted by Crippen LogP contribution is 2.24. The zero-order valence-electron chi connectivity index (χ0n) is 10.7. The number of nitrogens with one attached hydrogen (secondary N) is 1. The number of hydrogen-bond donors (Lipinski definition) is 1. The molecule has 0 fully saturated rings. The fraction of sp³-hybridized carbons (Fsp3) is 0.385. The minimum Gasteiger partial charge on any atom is -0.462 e. The third-order valence-corrected chi connectivity index (χ3v) is 3.54. The number of halogens is 2. The van der Waals surface area contributed by atoms with Crippen molar-refractivity contribution in [1.29, 1.82) is 0 Å². The number of ether oxygens (including phenoxy) is 1. The van der Waals surface area contributed by atoms with E-state index < -0.39 is 5.97 Å². The second-order valence-corrected chi connectivity index (χ2v) is 5.12. The van der Waals surface area contributed by atoms with Crippen LogP contribution in [0.1, 0.15) is 24.2 Å². The Bertz CT molecular complexity index is 479. The summed E-state index contributed by atoms with van der Waals surface area (Å²) in [6.45, 7) is 3.81. The zero-order chi connectivity index (χ0) is 14.4. The fourth-order valence-corrected chi connectivity index (χ4v) is 1.90. The van der Waals surface area contributed by atoms with Gasteiger partial charge in [-0.15, -0.1) is 11.6 Å². The maximum absolute atomic E-state index is 11.7. The summed E-state index contributed by atoms with van der Waals surface area (Å²) >= 11 is 8.93. The predicted octanol–water partition coefficient (Wildman–Crippen LogP) is 3.44. The second-order valence-electron chi connectivity index (χ2n) is 3.96. The molecule has 0 aliphatic carbocycles.